The Labute approximate surface area is 165 Å². The van der Waals surface area contributed by atoms with E-state index in [0.717, 1.165) is 25.9 Å². The Balaban J connectivity index is 1.79. The topological polar surface area (TPSA) is 61.4 Å². The first-order chi connectivity index (χ1) is 12.5. The Hall–Kier alpha value is -1.66. The summed E-state index contributed by atoms with van der Waals surface area (Å²) < 4.78 is 13.4. The number of piperidine rings is 1. The summed E-state index contributed by atoms with van der Waals surface area (Å²) in [6, 6.07) is 3.64. The molecule has 7 heteroatoms. The summed E-state index contributed by atoms with van der Waals surface area (Å²) >= 11 is 5.80. The van der Waals surface area contributed by atoms with E-state index < -0.39 is 5.82 Å². The molecule has 27 heavy (non-hydrogen) atoms. The number of carbonyl (C=O) groups excluding carboxylic acids is 2. The van der Waals surface area contributed by atoms with Crippen LogP contribution >= 0.6 is 11.6 Å². The third kappa shape index (κ3) is 6.78. The quantitative estimate of drug-likeness (QED) is 0.801. The van der Waals surface area contributed by atoms with Crippen LogP contribution in [0.5, 0.6) is 0 Å². The van der Waals surface area contributed by atoms with Gasteiger partial charge in [-0.25, -0.2) is 4.39 Å². The van der Waals surface area contributed by atoms with Crippen LogP contribution in [0.15, 0.2) is 18.2 Å². The number of amides is 2. The fourth-order valence-corrected chi connectivity index (χ4v) is 3.43. The van der Waals surface area contributed by atoms with Gasteiger partial charge in [0.15, 0.2) is 0 Å². The van der Waals surface area contributed by atoms with Gasteiger partial charge in [0.25, 0.3) is 5.91 Å². The van der Waals surface area contributed by atoms with Gasteiger partial charge in [0, 0.05) is 22.7 Å². The third-order valence-corrected chi connectivity index (χ3v) is 4.97. The zero-order chi connectivity index (χ0) is 20.2. The summed E-state index contributed by atoms with van der Waals surface area (Å²) in [5.41, 5.74) is -0.0155. The molecule has 0 spiro atoms. The molecule has 2 amide bonds. The molecular formula is C20H29ClFN3O2. The van der Waals surface area contributed by atoms with Gasteiger partial charge in [-0.3, -0.25) is 14.5 Å². The number of nitrogens with one attached hydrogen (secondary N) is 2. The number of hydrogen-bond donors (Lipinski definition) is 2. The first-order valence-electron chi connectivity index (χ1n) is 9.35. The highest BCUT2D eigenvalue weighted by Crippen LogP contribution is 2.19. The molecule has 1 heterocycles. The number of hydrogen-bond acceptors (Lipinski definition) is 3. The summed E-state index contributed by atoms with van der Waals surface area (Å²) in [5.74, 6) is -0.468. The smallest absolute Gasteiger partial charge is 0.251 e. The van der Waals surface area contributed by atoms with Crippen molar-refractivity contribution in [1.29, 1.82) is 0 Å². The standard InChI is InChI=1S/C20H29ClFN3O2/c1-13(18(26)24-20(2,3)4)25-7-5-14(6-8-25)12-23-19(27)15-9-16(21)11-17(22)10-15/h9-11,13-14H,5-8,12H2,1-4H3,(H,23,27)(H,24,26)/t13-/m1/s1. The summed E-state index contributed by atoms with van der Waals surface area (Å²) in [6.07, 6.45) is 1.80. The van der Waals surface area contributed by atoms with Crippen LogP contribution in [0, 0.1) is 11.7 Å². The van der Waals surface area contributed by atoms with E-state index in [9.17, 15) is 14.0 Å². The minimum atomic E-state index is -0.525. The Kier molecular flexibility index (Phi) is 7.23. The van der Waals surface area contributed by atoms with E-state index in [1.54, 1.807) is 0 Å². The van der Waals surface area contributed by atoms with E-state index in [1.165, 1.54) is 18.2 Å². The first kappa shape index (κ1) is 21.6. The van der Waals surface area contributed by atoms with Gasteiger partial charge >= 0.3 is 0 Å². The van der Waals surface area contributed by atoms with Crippen molar-refractivity contribution in [3.8, 4) is 0 Å². The zero-order valence-corrected chi connectivity index (χ0v) is 17.2. The lowest BCUT2D eigenvalue weighted by molar-refractivity contribution is -0.127. The van der Waals surface area contributed by atoms with Crippen molar-refractivity contribution in [3.05, 3.63) is 34.6 Å². The van der Waals surface area contributed by atoms with Crippen LogP contribution < -0.4 is 10.6 Å². The predicted molar refractivity (Wildman–Crippen MR) is 105 cm³/mol. The van der Waals surface area contributed by atoms with Crippen molar-refractivity contribution in [3.63, 3.8) is 0 Å². The summed E-state index contributed by atoms with van der Waals surface area (Å²) in [5, 5.41) is 6.08. The van der Waals surface area contributed by atoms with Crippen molar-refractivity contribution >= 4 is 23.4 Å². The van der Waals surface area contributed by atoms with Crippen molar-refractivity contribution in [1.82, 2.24) is 15.5 Å². The van der Waals surface area contributed by atoms with Crippen molar-refractivity contribution in [2.45, 2.75) is 52.1 Å². The second kappa shape index (κ2) is 9.02. The molecule has 0 aliphatic carbocycles. The molecule has 0 saturated carbocycles. The van der Waals surface area contributed by atoms with Crippen LogP contribution in [0.2, 0.25) is 5.02 Å². The van der Waals surface area contributed by atoms with E-state index in [-0.39, 0.29) is 34.0 Å². The molecular weight excluding hydrogens is 369 g/mol. The van der Waals surface area contributed by atoms with Gasteiger partial charge in [-0.05, 0) is 77.7 Å². The molecule has 150 valence electrons. The molecule has 0 aromatic heterocycles. The number of halogens is 2. The maximum atomic E-state index is 13.4. The average molecular weight is 398 g/mol. The SMILES string of the molecule is C[C@H](C(=O)NC(C)(C)C)N1CCC(CNC(=O)c2cc(F)cc(Cl)c2)CC1. The maximum absolute atomic E-state index is 13.4. The highest BCUT2D eigenvalue weighted by molar-refractivity contribution is 6.31. The van der Waals surface area contributed by atoms with E-state index in [1.807, 2.05) is 27.7 Å². The lowest BCUT2D eigenvalue weighted by Crippen LogP contribution is -2.53. The van der Waals surface area contributed by atoms with Crippen LogP contribution in [0.1, 0.15) is 50.9 Å². The van der Waals surface area contributed by atoms with Gasteiger partial charge < -0.3 is 10.6 Å². The van der Waals surface area contributed by atoms with Crippen LogP contribution in [0.25, 0.3) is 0 Å². The molecule has 1 aliphatic heterocycles. The second-order valence-electron chi connectivity index (χ2n) is 8.26. The number of nitrogens with zero attached hydrogens (tertiary/aromatic N) is 1. The number of carbonyl (C=O) groups is 2. The first-order valence-corrected chi connectivity index (χ1v) is 9.73. The molecule has 5 nitrogen and oxygen atoms in total. The van der Waals surface area contributed by atoms with Gasteiger partial charge in [-0.15, -0.1) is 0 Å². The van der Waals surface area contributed by atoms with Gasteiger partial charge in [0.2, 0.25) is 5.91 Å². The number of likely N-dealkylation sites (tertiary alicyclic amines) is 1. The van der Waals surface area contributed by atoms with Crippen molar-refractivity contribution in [2.75, 3.05) is 19.6 Å². The summed E-state index contributed by atoms with van der Waals surface area (Å²) in [6.45, 7) is 9.99. The highest BCUT2D eigenvalue weighted by atomic mass is 35.5. The highest BCUT2D eigenvalue weighted by Gasteiger charge is 2.28. The lowest BCUT2D eigenvalue weighted by Gasteiger charge is -2.36. The Bertz CT molecular complexity index is 662. The molecule has 0 radical (unpaired) electrons. The minimum Gasteiger partial charge on any atom is -0.352 e. The third-order valence-electron chi connectivity index (χ3n) is 4.75. The molecule has 1 aliphatic rings. The van der Waals surface area contributed by atoms with Gasteiger partial charge in [0.1, 0.15) is 5.82 Å². The van der Waals surface area contributed by atoms with E-state index in [2.05, 4.69) is 15.5 Å². The fraction of sp³-hybridized carbons (Fsp3) is 0.600. The monoisotopic (exact) mass is 397 g/mol. The maximum Gasteiger partial charge on any atom is 0.251 e. The van der Waals surface area contributed by atoms with Crippen LogP contribution in [-0.2, 0) is 4.79 Å². The Morgan fingerprint density at radius 3 is 2.44 bits per heavy atom. The predicted octanol–water partition coefficient (Wildman–Crippen LogP) is 3.22. The Morgan fingerprint density at radius 2 is 1.89 bits per heavy atom. The molecule has 2 rings (SSSR count). The molecule has 1 saturated heterocycles. The molecule has 1 fully saturated rings. The molecule has 0 unspecified atom stereocenters. The number of rotatable bonds is 5. The normalized spacial score (nSPS) is 17.4. The second-order valence-corrected chi connectivity index (χ2v) is 8.70. The fourth-order valence-electron chi connectivity index (χ4n) is 3.21. The number of benzene rings is 1. The van der Waals surface area contributed by atoms with Crippen molar-refractivity contribution in [2.24, 2.45) is 5.92 Å². The molecule has 0 bridgehead atoms. The summed E-state index contributed by atoms with van der Waals surface area (Å²) in [4.78, 5) is 26.7. The van der Waals surface area contributed by atoms with Gasteiger partial charge in [-0.2, -0.15) is 0 Å². The molecule has 1 aromatic rings. The molecule has 1 aromatic carbocycles. The van der Waals surface area contributed by atoms with Crippen LogP contribution in [-0.4, -0.2) is 47.9 Å². The van der Waals surface area contributed by atoms with E-state index in [4.69, 9.17) is 11.6 Å². The largest absolute Gasteiger partial charge is 0.352 e. The van der Waals surface area contributed by atoms with Crippen LogP contribution in [0.4, 0.5) is 4.39 Å². The van der Waals surface area contributed by atoms with Crippen LogP contribution in [0.3, 0.4) is 0 Å². The summed E-state index contributed by atoms with van der Waals surface area (Å²) in [7, 11) is 0. The van der Waals surface area contributed by atoms with E-state index in [0.29, 0.717) is 12.5 Å². The van der Waals surface area contributed by atoms with Gasteiger partial charge in [0.05, 0.1) is 6.04 Å². The van der Waals surface area contributed by atoms with Gasteiger partial charge in [-0.1, -0.05) is 11.6 Å². The van der Waals surface area contributed by atoms with Crippen molar-refractivity contribution < 1.29 is 14.0 Å². The molecule has 2 N–H and O–H groups in total. The average Bonchev–Trinajstić information content (AvgIpc) is 2.57. The van der Waals surface area contributed by atoms with E-state index >= 15 is 0 Å². The zero-order valence-electron chi connectivity index (χ0n) is 16.4. The molecule has 1 atom stereocenters. The minimum absolute atomic E-state index is 0.0391. The Morgan fingerprint density at radius 1 is 1.26 bits per heavy atom. The lowest BCUT2D eigenvalue weighted by atomic mass is 9.95.